The molecule has 2 aromatic rings. The van der Waals surface area contributed by atoms with Crippen LogP contribution in [0, 0.1) is 25.2 Å². The van der Waals surface area contributed by atoms with Crippen molar-refractivity contribution in [2.45, 2.75) is 20.8 Å². The molecule has 1 heterocycles. The van der Waals surface area contributed by atoms with Crippen molar-refractivity contribution in [1.29, 1.82) is 5.26 Å². The van der Waals surface area contributed by atoms with E-state index < -0.39 is 11.9 Å². The Kier molecular flexibility index (Phi) is 7.39. The maximum atomic E-state index is 12.7. The minimum Gasteiger partial charge on any atom is -0.493 e. The third-order valence-electron chi connectivity index (χ3n) is 4.18. The number of esters is 1. The van der Waals surface area contributed by atoms with Crippen LogP contribution in [0.3, 0.4) is 0 Å². The number of methoxy groups -OCH3 is 2. The summed E-state index contributed by atoms with van der Waals surface area (Å²) in [5.41, 5.74) is 1.53. The molecule has 0 spiro atoms. The number of benzene rings is 1. The van der Waals surface area contributed by atoms with Gasteiger partial charge in [-0.05, 0) is 50.1 Å². The highest BCUT2D eigenvalue weighted by molar-refractivity contribution is 7.16. The summed E-state index contributed by atoms with van der Waals surface area (Å²) >= 11 is 1.26. The summed E-state index contributed by atoms with van der Waals surface area (Å²) in [5.74, 6) is -0.106. The number of hydrogen-bond acceptors (Lipinski definition) is 7. The van der Waals surface area contributed by atoms with E-state index in [-0.39, 0.29) is 12.2 Å². The van der Waals surface area contributed by atoms with Gasteiger partial charge in [-0.25, -0.2) is 4.79 Å². The first-order chi connectivity index (χ1) is 13.9. The summed E-state index contributed by atoms with van der Waals surface area (Å²) in [6.45, 7) is 5.58. The summed E-state index contributed by atoms with van der Waals surface area (Å²) in [4.78, 5) is 25.8. The Morgan fingerprint density at radius 2 is 1.90 bits per heavy atom. The van der Waals surface area contributed by atoms with Crippen molar-refractivity contribution in [1.82, 2.24) is 0 Å². The van der Waals surface area contributed by atoms with E-state index in [1.54, 1.807) is 32.0 Å². The topological polar surface area (TPSA) is 97.7 Å². The number of hydrogen-bond donors (Lipinski definition) is 1. The number of amides is 1. The zero-order chi connectivity index (χ0) is 21.6. The van der Waals surface area contributed by atoms with Gasteiger partial charge in [-0.1, -0.05) is 6.07 Å². The summed E-state index contributed by atoms with van der Waals surface area (Å²) in [7, 11) is 3.02. The van der Waals surface area contributed by atoms with Crippen LogP contribution in [0.2, 0.25) is 0 Å². The van der Waals surface area contributed by atoms with Crippen LogP contribution in [0.25, 0.3) is 6.08 Å². The third kappa shape index (κ3) is 4.95. The van der Waals surface area contributed by atoms with Crippen LogP contribution in [0.4, 0.5) is 5.00 Å². The van der Waals surface area contributed by atoms with Crippen molar-refractivity contribution in [3.8, 4) is 17.6 Å². The lowest BCUT2D eigenvalue weighted by molar-refractivity contribution is -0.112. The van der Waals surface area contributed by atoms with E-state index in [4.69, 9.17) is 14.2 Å². The van der Waals surface area contributed by atoms with Gasteiger partial charge in [0.2, 0.25) is 0 Å². The van der Waals surface area contributed by atoms with E-state index in [9.17, 15) is 14.9 Å². The molecule has 2 rings (SSSR count). The molecule has 1 aromatic carbocycles. The number of nitrogens with zero attached hydrogens (tertiary/aromatic N) is 1. The highest BCUT2D eigenvalue weighted by Gasteiger charge is 2.23. The lowest BCUT2D eigenvalue weighted by atomic mass is 10.1. The molecule has 0 aliphatic heterocycles. The Labute approximate surface area is 173 Å². The molecule has 1 aromatic heterocycles. The van der Waals surface area contributed by atoms with Gasteiger partial charge >= 0.3 is 5.97 Å². The fourth-order valence-electron chi connectivity index (χ4n) is 2.59. The Hall–Kier alpha value is -3.31. The summed E-state index contributed by atoms with van der Waals surface area (Å²) in [5, 5.41) is 12.5. The van der Waals surface area contributed by atoms with E-state index in [1.165, 1.54) is 31.6 Å². The maximum Gasteiger partial charge on any atom is 0.341 e. The van der Waals surface area contributed by atoms with Crippen molar-refractivity contribution in [2.24, 2.45) is 0 Å². The number of aryl methyl sites for hydroxylation is 1. The Morgan fingerprint density at radius 3 is 2.48 bits per heavy atom. The summed E-state index contributed by atoms with van der Waals surface area (Å²) in [6.07, 6.45) is 1.44. The van der Waals surface area contributed by atoms with Crippen LogP contribution >= 0.6 is 11.3 Å². The number of ether oxygens (including phenoxy) is 3. The number of nitrogens with one attached hydrogen (secondary N) is 1. The van der Waals surface area contributed by atoms with Gasteiger partial charge in [0.15, 0.2) is 11.5 Å². The standard InChI is InChI=1S/C21H22N2O5S/c1-6-28-21(25)18-12(2)13(3)29-20(18)23-19(24)15(11-22)9-14-7-8-16(26-4)17(10-14)27-5/h7-10H,6H2,1-5H3,(H,23,24)/b15-9+. The molecule has 0 atom stereocenters. The lowest BCUT2D eigenvalue weighted by Crippen LogP contribution is -2.16. The number of carbonyl (C=O) groups is 2. The molecule has 0 saturated heterocycles. The van der Waals surface area contributed by atoms with Gasteiger partial charge < -0.3 is 19.5 Å². The molecule has 7 nitrogen and oxygen atoms in total. The Balaban J connectivity index is 2.34. The van der Waals surface area contributed by atoms with E-state index in [1.807, 2.05) is 13.0 Å². The van der Waals surface area contributed by atoms with Gasteiger partial charge in [-0.3, -0.25) is 4.79 Å². The number of rotatable bonds is 7. The number of anilines is 1. The molecule has 0 radical (unpaired) electrons. The van der Waals surface area contributed by atoms with Gasteiger partial charge in [0.25, 0.3) is 5.91 Å². The van der Waals surface area contributed by atoms with Gasteiger partial charge in [0, 0.05) is 4.88 Å². The minimum absolute atomic E-state index is 0.115. The minimum atomic E-state index is -0.617. The van der Waals surface area contributed by atoms with Crippen LogP contribution in [-0.4, -0.2) is 32.7 Å². The largest absolute Gasteiger partial charge is 0.493 e. The Bertz CT molecular complexity index is 1000. The van der Waals surface area contributed by atoms with Crippen LogP contribution in [-0.2, 0) is 9.53 Å². The first kappa shape index (κ1) is 22.0. The smallest absolute Gasteiger partial charge is 0.341 e. The van der Waals surface area contributed by atoms with Crippen molar-refractivity contribution in [2.75, 3.05) is 26.1 Å². The molecular weight excluding hydrogens is 392 g/mol. The zero-order valence-electron chi connectivity index (χ0n) is 16.9. The molecule has 0 aliphatic rings. The molecule has 0 fully saturated rings. The van der Waals surface area contributed by atoms with E-state index in [0.29, 0.717) is 27.6 Å². The van der Waals surface area contributed by atoms with Gasteiger partial charge in [0.05, 0.1) is 26.4 Å². The normalized spacial score (nSPS) is 10.8. The lowest BCUT2D eigenvalue weighted by Gasteiger charge is -2.08. The van der Waals surface area contributed by atoms with Crippen molar-refractivity contribution in [3.63, 3.8) is 0 Å². The second-order valence-electron chi connectivity index (χ2n) is 5.95. The first-order valence-electron chi connectivity index (χ1n) is 8.78. The quantitative estimate of drug-likeness (QED) is 0.416. The van der Waals surface area contributed by atoms with E-state index in [0.717, 1.165) is 10.4 Å². The second-order valence-corrected chi connectivity index (χ2v) is 7.17. The molecule has 29 heavy (non-hydrogen) atoms. The van der Waals surface area contributed by atoms with Crippen LogP contribution in [0.1, 0.15) is 33.3 Å². The average molecular weight is 414 g/mol. The van der Waals surface area contributed by atoms with Crippen LogP contribution < -0.4 is 14.8 Å². The van der Waals surface area contributed by atoms with Crippen molar-refractivity contribution < 1.29 is 23.8 Å². The average Bonchev–Trinajstić information content (AvgIpc) is 2.99. The molecule has 0 saturated carbocycles. The Morgan fingerprint density at radius 1 is 1.21 bits per heavy atom. The molecular formula is C21H22N2O5S. The van der Waals surface area contributed by atoms with Gasteiger partial charge in [0.1, 0.15) is 16.6 Å². The summed E-state index contributed by atoms with van der Waals surface area (Å²) < 4.78 is 15.5. The highest BCUT2D eigenvalue weighted by atomic mass is 32.1. The fraction of sp³-hybridized carbons (Fsp3) is 0.286. The molecule has 0 aliphatic carbocycles. The van der Waals surface area contributed by atoms with Crippen LogP contribution in [0.5, 0.6) is 11.5 Å². The second kappa shape index (κ2) is 9.75. The summed E-state index contributed by atoms with van der Waals surface area (Å²) in [6, 6.07) is 6.94. The number of nitriles is 1. The predicted octanol–water partition coefficient (Wildman–Crippen LogP) is 4.10. The molecule has 8 heteroatoms. The monoisotopic (exact) mass is 414 g/mol. The van der Waals surface area contributed by atoms with E-state index in [2.05, 4.69) is 5.32 Å². The highest BCUT2D eigenvalue weighted by Crippen LogP contribution is 2.33. The van der Waals surface area contributed by atoms with Crippen molar-refractivity contribution >= 4 is 34.3 Å². The maximum absolute atomic E-state index is 12.7. The van der Waals surface area contributed by atoms with Gasteiger partial charge in [-0.2, -0.15) is 5.26 Å². The first-order valence-corrected chi connectivity index (χ1v) is 9.60. The predicted molar refractivity (Wildman–Crippen MR) is 112 cm³/mol. The molecule has 0 unspecified atom stereocenters. The fourth-order valence-corrected chi connectivity index (χ4v) is 3.64. The van der Waals surface area contributed by atoms with Gasteiger partial charge in [-0.15, -0.1) is 11.3 Å². The SMILES string of the molecule is CCOC(=O)c1c(NC(=O)/C(C#N)=C/c2ccc(OC)c(OC)c2)sc(C)c1C. The molecule has 0 bridgehead atoms. The molecule has 1 amide bonds. The number of thiophene rings is 1. The van der Waals surface area contributed by atoms with E-state index >= 15 is 0 Å². The zero-order valence-corrected chi connectivity index (χ0v) is 17.7. The molecule has 1 N–H and O–H groups in total. The third-order valence-corrected chi connectivity index (χ3v) is 5.30. The molecule has 152 valence electrons. The van der Waals surface area contributed by atoms with Crippen molar-refractivity contribution in [3.05, 3.63) is 45.3 Å². The van der Waals surface area contributed by atoms with Crippen LogP contribution in [0.15, 0.2) is 23.8 Å². The number of carbonyl (C=O) groups excluding carboxylic acids is 2.